The van der Waals surface area contributed by atoms with Crippen molar-refractivity contribution in [2.45, 2.75) is 40.8 Å². The van der Waals surface area contributed by atoms with Gasteiger partial charge in [-0.1, -0.05) is 125 Å². The van der Waals surface area contributed by atoms with Gasteiger partial charge < -0.3 is 9.13 Å². The molecule has 0 amide bonds. The monoisotopic (exact) mass is 799 g/mol. The molecule has 10 aromatic rings. The van der Waals surface area contributed by atoms with E-state index in [1.54, 1.807) is 13.0 Å². The number of hydrogen-bond acceptors (Lipinski definition) is 1. The molecule has 3 nitrogen and oxygen atoms in total. The second-order valence-corrected chi connectivity index (χ2v) is 16.5. The lowest BCUT2D eigenvalue weighted by atomic mass is 9.96. The molecular weight excluding hydrogens is 760 g/mol. The fourth-order valence-electron chi connectivity index (χ4n) is 9.46. The van der Waals surface area contributed by atoms with Gasteiger partial charge in [0.25, 0.3) is 0 Å². The fourth-order valence-corrected chi connectivity index (χ4v) is 9.46. The van der Waals surface area contributed by atoms with E-state index in [0.717, 1.165) is 88.1 Å². The van der Waals surface area contributed by atoms with Crippen LogP contribution in [0.25, 0.3) is 88.4 Å². The van der Waals surface area contributed by atoms with E-state index < -0.39 is 11.7 Å². The fraction of sp³-hybridized carbons (Fsp3) is 0.109. The highest BCUT2D eigenvalue weighted by Gasteiger charge is 2.31. The van der Waals surface area contributed by atoms with E-state index in [9.17, 15) is 18.4 Å². The summed E-state index contributed by atoms with van der Waals surface area (Å²) in [6.07, 6.45) is -4.55. The van der Waals surface area contributed by atoms with Crippen LogP contribution in [-0.4, -0.2) is 9.13 Å². The molecule has 0 aliphatic carbocycles. The summed E-state index contributed by atoms with van der Waals surface area (Å²) in [5.41, 5.74) is 14.6. The first kappa shape index (κ1) is 37.9. The Bertz CT molecular complexity index is 3250. The molecule has 0 saturated carbocycles. The van der Waals surface area contributed by atoms with Gasteiger partial charge in [-0.2, -0.15) is 18.4 Å². The minimum atomic E-state index is -4.55. The van der Waals surface area contributed by atoms with Gasteiger partial charge in [0.15, 0.2) is 0 Å². The van der Waals surface area contributed by atoms with Crippen LogP contribution in [0.5, 0.6) is 0 Å². The lowest BCUT2D eigenvalue weighted by Gasteiger charge is -2.19. The highest BCUT2D eigenvalue weighted by molar-refractivity contribution is 6.12. The van der Waals surface area contributed by atoms with Crippen LogP contribution in [0.4, 0.5) is 13.2 Å². The Balaban J connectivity index is 1.35. The zero-order valence-corrected chi connectivity index (χ0v) is 34.4. The van der Waals surface area contributed by atoms with Crippen molar-refractivity contribution in [1.29, 1.82) is 5.26 Å². The van der Waals surface area contributed by atoms with Gasteiger partial charge in [0.05, 0.1) is 39.0 Å². The number of nitriles is 1. The number of fused-ring (bicyclic) bond motifs is 6. The van der Waals surface area contributed by atoms with Crippen molar-refractivity contribution in [3.63, 3.8) is 0 Å². The van der Waals surface area contributed by atoms with Crippen LogP contribution in [0.2, 0.25) is 0 Å². The molecule has 61 heavy (non-hydrogen) atoms. The molecule has 0 aliphatic heterocycles. The minimum Gasteiger partial charge on any atom is -0.308 e. The number of nitrogens with zero attached hydrogens (tertiary/aromatic N) is 3. The van der Waals surface area contributed by atoms with Gasteiger partial charge >= 0.3 is 6.18 Å². The number of benzene rings is 8. The topological polar surface area (TPSA) is 33.6 Å². The second-order valence-electron chi connectivity index (χ2n) is 16.5. The molecule has 0 N–H and O–H groups in total. The zero-order chi connectivity index (χ0) is 42.3. The van der Waals surface area contributed by atoms with E-state index in [-0.39, 0.29) is 0 Å². The highest BCUT2D eigenvalue weighted by Crippen LogP contribution is 2.43. The summed E-state index contributed by atoms with van der Waals surface area (Å²) in [5.74, 6) is 0. The van der Waals surface area contributed by atoms with E-state index in [0.29, 0.717) is 33.6 Å². The van der Waals surface area contributed by atoms with Crippen LogP contribution in [0.15, 0.2) is 152 Å². The Hall–Kier alpha value is -7.36. The first-order valence-electron chi connectivity index (χ1n) is 20.4. The third-order valence-corrected chi connectivity index (χ3v) is 11.9. The number of para-hydroxylation sites is 2. The number of alkyl halides is 3. The van der Waals surface area contributed by atoms with Crippen LogP contribution in [0.1, 0.15) is 38.9 Å². The standard InChI is InChI=1S/C55H40F3N3/c1-32-18-33(2)21-39(20-32)37-14-16-46-44-10-6-8-12-49(44)60(51(46)27-37)53-29-42(41-24-36(5)25-43(26-41)55(56,57)58)30-54(48(53)31-59)61-50-13-9-7-11-45(50)47-17-15-38(28-52(47)61)40-22-34(3)19-35(4)23-40/h6-30H,1-5H3. The number of aromatic nitrogens is 2. The van der Waals surface area contributed by atoms with Gasteiger partial charge in [0, 0.05) is 21.5 Å². The van der Waals surface area contributed by atoms with Crippen LogP contribution in [0, 0.1) is 45.9 Å². The molecule has 0 bridgehead atoms. The maximum absolute atomic E-state index is 14.5. The van der Waals surface area contributed by atoms with Gasteiger partial charge in [0.2, 0.25) is 0 Å². The predicted molar refractivity (Wildman–Crippen MR) is 245 cm³/mol. The summed E-state index contributed by atoms with van der Waals surface area (Å²) in [7, 11) is 0. The second kappa shape index (κ2) is 14.1. The Labute approximate surface area is 352 Å². The van der Waals surface area contributed by atoms with Crippen molar-refractivity contribution in [1.82, 2.24) is 9.13 Å². The predicted octanol–water partition coefficient (Wildman–Crippen LogP) is 15.3. The van der Waals surface area contributed by atoms with E-state index in [2.05, 4.69) is 128 Å². The quantitative estimate of drug-likeness (QED) is 0.171. The lowest BCUT2D eigenvalue weighted by molar-refractivity contribution is -0.137. The van der Waals surface area contributed by atoms with Gasteiger partial charge in [-0.25, -0.2) is 0 Å². The molecule has 10 rings (SSSR count). The number of rotatable bonds is 5. The summed E-state index contributed by atoms with van der Waals surface area (Å²) < 4.78 is 47.7. The average Bonchev–Trinajstić information content (AvgIpc) is 3.74. The minimum absolute atomic E-state index is 0.395. The van der Waals surface area contributed by atoms with Crippen molar-refractivity contribution < 1.29 is 13.2 Å². The number of aryl methyl sites for hydroxylation is 5. The van der Waals surface area contributed by atoms with E-state index in [1.165, 1.54) is 12.1 Å². The van der Waals surface area contributed by atoms with Crippen molar-refractivity contribution in [3.8, 4) is 50.8 Å². The molecule has 6 heteroatoms. The highest BCUT2D eigenvalue weighted by atomic mass is 19.4. The van der Waals surface area contributed by atoms with E-state index in [4.69, 9.17) is 0 Å². The lowest BCUT2D eigenvalue weighted by Crippen LogP contribution is -2.07. The third kappa shape index (κ3) is 6.45. The molecule has 0 spiro atoms. The van der Waals surface area contributed by atoms with Crippen LogP contribution < -0.4 is 0 Å². The molecule has 2 aromatic heterocycles. The molecule has 0 aliphatic rings. The maximum atomic E-state index is 14.5. The molecule has 0 atom stereocenters. The zero-order valence-electron chi connectivity index (χ0n) is 34.4. The summed E-state index contributed by atoms with van der Waals surface area (Å²) in [6, 6.07) is 52.7. The van der Waals surface area contributed by atoms with Gasteiger partial charge in [-0.15, -0.1) is 0 Å². The first-order valence-corrected chi connectivity index (χ1v) is 20.4. The van der Waals surface area contributed by atoms with Crippen LogP contribution in [0.3, 0.4) is 0 Å². The summed E-state index contributed by atoms with van der Waals surface area (Å²) in [5, 5.41) is 15.5. The summed E-state index contributed by atoms with van der Waals surface area (Å²) >= 11 is 0. The van der Waals surface area contributed by atoms with Crippen molar-refractivity contribution in [2.75, 3.05) is 0 Å². The average molecular weight is 800 g/mol. The van der Waals surface area contributed by atoms with E-state index in [1.807, 2.05) is 48.5 Å². The number of hydrogen-bond donors (Lipinski definition) is 0. The Morgan fingerprint density at radius 2 is 0.770 bits per heavy atom. The molecule has 0 unspecified atom stereocenters. The van der Waals surface area contributed by atoms with Crippen molar-refractivity contribution >= 4 is 43.6 Å². The van der Waals surface area contributed by atoms with Crippen molar-refractivity contribution in [2.24, 2.45) is 0 Å². The Morgan fingerprint density at radius 1 is 0.393 bits per heavy atom. The van der Waals surface area contributed by atoms with Crippen molar-refractivity contribution in [3.05, 3.63) is 191 Å². The molecule has 2 heterocycles. The van der Waals surface area contributed by atoms with Crippen LogP contribution >= 0.6 is 0 Å². The molecule has 296 valence electrons. The first-order chi connectivity index (χ1) is 29.3. The molecule has 0 fully saturated rings. The normalized spacial score (nSPS) is 11.9. The summed E-state index contributed by atoms with van der Waals surface area (Å²) in [6.45, 7) is 10.0. The summed E-state index contributed by atoms with van der Waals surface area (Å²) in [4.78, 5) is 0. The maximum Gasteiger partial charge on any atom is 0.416 e. The van der Waals surface area contributed by atoms with E-state index >= 15 is 0 Å². The molecule has 0 saturated heterocycles. The SMILES string of the molecule is Cc1cc(C)cc(-c2ccc3c4ccccc4n(-c4cc(-c5cc(C)cc(C(F)(F)F)c5)cc(-n5c6ccccc6c6ccc(-c7cc(C)cc(C)c7)cc65)c4C#N)c3c2)c1. The Kier molecular flexibility index (Phi) is 8.78. The largest absolute Gasteiger partial charge is 0.416 e. The molecule has 0 radical (unpaired) electrons. The van der Waals surface area contributed by atoms with Gasteiger partial charge in [0.1, 0.15) is 11.6 Å². The smallest absolute Gasteiger partial charge is 0.308 e. The van der Waals surface area contributed by atoms with Crippen LogP contribution in [-0.2, 0) is 6.18 Å². The van der Waals surface area contributed by atoms with Gasteiger partial charge in [-0.3, -0.25) is 0 Å². The Morgan fingerprint density at radius 3 is 1.20 bits per heavy atom. The molecule has 8 aromatic carbocycles. The number of halogens is 3. The van der Waals surface area contributed by atoms with Gasteiger partial charge in [-0.05, 0) is 122 Å². The third-order valence-electron chi connectivity index (χ3n) is 11.9. The molecular formula is C55H40F3N3.